The zero-order valence-electron chi connectivity index (χ0n) is 11.4. The topological polar surface area (TPSA) is 55.6 Å². The highest BCUT2D eigenvalue weighted by Crippen LogP contribution is 2.19. The molecule has 3 rings (SSSR count). The fraction of sp³-hybridized carbons (Fsp3) is 0.500. The minimum Gasteiger partial charge on any atom is -0.310 e. The number of nitrogens with zero attached hydrogens (tertiary/aromatic N) is 4. The molecule has 2 aromatic rings. The van der Waals surface area contributed by atoms with Crippen molar-refractivity contribution in [2.24, 2.45) is 0 Å². The molecule has 0 spiro atoms. The lowest BCUT2D eigenvalue weighted by atomic mass is 10.2. The van der Waals surface area contributed by atoms with Crippen LogP contribution in [0.4, 0.5) is 0 Å². The van der Waals surface area contributed by atoms with E-state index in [9.17, 15) is 0 Å². The highest BCUT2D eigenvalue weighted by atomic mass is 15.2. The molecule has 0 bridgehead atoms. The molecule has 0 radical (unpaired) electrons. The summed E-state index contributed by atoms with van der Waals surface area (Å²) >= 11 is 0. The minimum absolute atomic E-state index is 0.708. The molecule has 1 aliphatic carbocycles. The Morgan fingerprint density at radius 2 is 2.21 bits per heavy atom. The van der Waals surface area contributed by atoms with E-state index in [1.54, 1.807) is 6.20 Å². The summed E-state index contributed by atoms with van der Waals surface area (Å²) in [4.78, 5) is 13.4. The van der Waals surface area contributed by atoms with E-state index in [1.165, 1.54) is 18.4 Å². The number of aryl methyl sites for hydroxylation is 2. The summed E-state index contributed by atoms with van der Waals surface area (Å²) in [5.74, 6) is 1.70. The standard InChI is InChI=1S/C14H19N5/c1-3-13-15-6-7-19(13)14-17-9-11(10(2)18-14)8-16-12-4-5-12/h6-7,9,12,16H,3-5,8H2,1-2H3. The summed E-state index contributed by atoms with van der Waals surface area (Å²) < 4.78 is 1.95. The molecule has 2 heterocycles. The van der Waals surface area contributed by atoms with E-state index in [-0.39, 0.29) is 0 Å². The molecule has 1 fully saturated rings. The Labute approximate surface area is 113 Å². The van der Waals surface area contributed by atoms with Crippen LogP contribution in [0.3, 0.4) is 0 Å². The molecule has 0 unspecified atom stereocenters. The lowest BCUT2D eigenvalue weighted by molar-refractivity contribution is 0.677. The van der Waals surface area contributed by atoms with Crippen molar-refractivity contribution in [1.29, 1.82) is 0 Å². The normalized spacial score (nSPS) is 14.8. The first-order valence-electron chi connectivity index (χ1n) is 6.86. The number of rotatable bonds is 5. The van der Waals surface area contributed by atoms with Crippen molar-refractivity contribution in [2.75, 3.05) is 0 Å². The maximum Gasteiger partial charge on any atom is 0.235 e. The lowest BCUT2D eigenvalue weighted by Crippen LogP contribution is -2.17. The molecule has 2 aromatic heterocycles. The first-order chi connectivity index (χ1) is 9.28. The van der Waals surface area contributed by atoms with Gasteiger partial charge in [0.2, 0.25) is 5.95 Å². The van der Waals surface area contributed by atoms with Gasteiger partial charge in [0.15, 0.2) is 0 Å². The van der Waals surface area contributed by atoms with E-state index >= 15 is 0 Å². The summed E-state index contributed by atoms with van der Waals surface area (Å²) in [6.07, 6.45) is 9.10. The monoisotopic (exact) mass is 257 g/mol. The predicted octanol–water partition coefficient (Wildman–Crippen LogP) is 1.79. The van der Waals surface area contributed by atoms with Crippen molar-refractivity contribution in [3.63, 3.8) is 0 Å². The molecule has 0 amide bonds. The maximum absolute atomic E-state index is 4.59. The zero-order valence-corrected chi connectivity index (χ0v) is 11.4. The molecule has 0 saturated heterocycles. The molecule has 5 heteroatoms. The van der Waals surface area contributed by atoms with Gasteiger partial charge in [-0.15, -0.1) is 0 Å². The Morgan fingerprint density at radius 1 is 1.37 bits per heavy atom. The van der Waals surface area contributed by atoms with Crippen LogP contribution in [0.15, 0.2) is 18.6 Å². The van der Waals surface area contributed by atoms with Crippen molar-refractivity contribution in [3.05, 3.63) is 35.7 Å². The number of hydrogen-bond donors (Lipinski definition) is 1. The van der Waals surface area contributed by atoms with E-state index in [2.05, 4.69) is 27.2 Å². The van der Waals surface area contributed by atoms with Crippen LogP contribution in [0, 0.1) is 6.92 Å². The summed E-state index contributed by atoms with van der Waals surface area (Å²) in [7, 11) is 0. The Balaban J connectivity index is 1.81. The lowest BCUT2D eigenvalue weighted by Gasteiger charge is -2.09. The van der Waals surface area contributed by atoms with Gasteiger partial charge in [-0.2, -0.15) is 0 Å². The molecule has 1 saturated carbocycles. The van der Waals surface area contributed by atoms with Gasteiger partial charge < -0.3 is 5.32 Å². The highest BCUT2D eigenvalue weighted by Gasteiger charge is 2.20. The average molecular weight is 257 g/mol. The fourth-order valence-corrected chi connectivity index (χ4v) is 2.09. The van der Waals surface area contributed by atoms with Gasteiger partial charge in [-0.1, -0.05) is 6.92 Å². The Morgan fingerprint density at radius 3 is 2.89 bits per heavy atom. The Bertz CT molecular complexity index is 571. The number of imidazole rings is 1. The van der Waals surface area contributed by atoms with Crippen molar-refractivity contribution < 1.29 is 0 Å². The van der Waals surface area contributed by atoms with Gasteiger partial charge in [-0.05, 0) is 19.8 Å². The van der Waals surface area contributed by atoms with E-state index in [4.69, 9.17) is 0 Å². The second-order valence-electron chi connectivity index (χ2n) is 5.00. The van der Waals surface area contributed by atoms with E-state index in [1.807, 2.05) is 23.9 Å². The van der Waals surface area contributed by atoms with Crippen LogP contribution in [0.2, 0.25) is 0 Å². The van der Waals surface area contributed by atoms with Crippen LogP contribution in [0.25, 0.3) is 5.95 Å². The molecular formula is C14H19N5. The van der Waals surface area contributed by atoms with Crippen molar-refractivity contribution in [2.45, 2.75) is 45.7 Å². The maximum atomic E-state index is 4.59. The third-order valence-electron chi connectivity index (χ3n) is 3.48. The zero-order chi connectivity index (χ0) is 13.2. The predicted molar refractivity (Wildman–Crippen MR) is 73.1 cm³/mol. The molecule has 1 aliphatic rings. The van der Waals surface area contributed by atoms with Gasteiger partial charge >= 0.3 is 0 Å². The minimum atomic E-state index is 0.708. The van der Waals surface area contributed by atoms with Crippen LogP contribution in [0.5, 0.6) is 0 Å². The van der Waals surface area contributed by atoms with Crippen LogP contribution in [-0.4, -0.2) is 25.6 Å². The van der Waals surface area contributed by atoms with Crippen LogP contribution in [0.1, 0.15) is 36.8 Å². The number of aromatic nitrogens is 4. The molecule has 0 aliphatic heterocycles. The van der Waals surface area contributed by atoms with Gasteiger partial charge in [0.1, 0.15) is 5.82 Å². The van der Waals surface area contributed by atoms with Gasteiger partial charge in [-0.25, -0.2) is 15.0 Å². The third-order valence-corrected chi connectivity index (χ3v) is 3.48. The largest absolute Gasteiger partial charge is 0.310 e. The van der Waals surface area contributed by atoms with Crippen LogP contribution < -0.4 is 5.32 Å². The summed E-state index contributed by atoms with van der Waals surface area (Å²) in [5.41, 5.74) is 2.21. The Kier molecular flexibility index (Phi) is 3.29. The smallest absolute Gasteiger partial charge is 0.235 e. The van der Waals surface area contributed by atoms with Crippen LogP contribution >= 0.6 is 0 Å². The summed E-state index contributed by atoms with van der Waals surface area (Å²) in [5, 5.41) is 3.49. The second kappa shape index (κ2) is 5.09. The molecule has 0 aromatic carbocycles. The number of hydrogen-bond acceptors (Lipinski definition) is 4. The third kappa shape index (κ3) is 2.66. The van der Waals surface area contributed by atoms with E-state index in [0.29, 0.717) is 12.0 Å². The quantitative estimate of drug-likeness (QED) is 0.887. The molecule has 100 valence electrons. The van der Waals surface area contributed by atoms with Gasteiger partial charge in [-0.3, -0.25) is 4.57 Å². The van der Waals surface area contributed by atoms with Gasteiger partial charge in [0.05, 0.1) is 0 Å². The fourth-order valence-electron chi connectivity index (χ4n) is 2.09. The van der Waals surface area contributed by atoms with E-state index in [0.717, 1.165) is 24.5 Å². The first kappa shape index (κ1) is 12.3. The Hall–Kier alpha value is -1.75. The van der Waals surface area contributed by atoms with Crippen molar-refractivity contribution in [3.8, 4) is 5.95 Å². The molecule has 1 N–H and O–H groups in total. The van der Waals surface area contributed by atoms with Gasteiger partial charge in [0, 0.05) is 48.9 Å². The second-order valence-corrected chi connectivity index (χ2v) is 5.00. The van der Waals surface area contributed by atoms with Crippen molar-refractivity contribution >= 4 is 0 Å². The van der Waals surface area contributed by atoms with Crippen molar-refractivity contribution in [1.82, 2.24) is 24.8 Å². The number of nitrogens with one attached hydrogen (secondary N) is 1. The average Bonchev–Trinajstić information content (AvgIpc) is 3.12. The first-order valence-corrected chi connectivity index (χ1v) is 6.86. The molecular weight excluding hydrogens is 238 g/mol. The summed E-state index contributed by atoms with van der Waals surface area (Å²) in [6.45, 7) is 4.98. The van der Waals surface area contributed by atoms with Crippen LogP contribution in [-0.2, 0) is 13.0 Å². The molecule has 5 nitrogen and oxygen atoms in total. The molecule has 19 heavy (non-hydrogen) atoms. The molecule has 0 atom stereocenters. The van der Waals surface area contributed by atoms with E-state index < -0.39 is 0 Å². The van der Waals surface area contributed by atoms with Gasteiger partial charge in [0.25, 0.3) is 0 Å². The SMILES string of the molecule is CCc1nccn1-c1ncc(CNC2CC2)c(C)n1. The highest BCUT2D eigenvalue weighted by molar-refractivity contribution is 5.23. The summed E-state index contributed by atoms with van der Waals surface area (Å²) in [6, 6.07) is 0.708.